The third-order valence-corrected chi connectivity index (χ3v) is 8.28. The number of rotatable bonds is 3. The van der Waals surface area contributed by atoms with Crippen LogP contribution in [0.15, 0.2) is 11.6 Å². The second-order valence-electron chi connectivity index (χ2n) is 9.60. The Kier molecular flexibility index (Phi) is 6.18. The Morgan fingerprint density at radius 2 is 1.90 bits per heavy atom. The van der Waals surface area contributed by atoms with Crippen LogP contribution in [0, 0.1) is 34.5 Å². The van der Waals surface area contributed by atoms with E-state index in [2.05, 4.69) is 0 Å². The molecule has 3 fully saturated rings. The van der Waals surface area contributed by atoms with Crippen molar-refractivity contribution in [3.63, 3.8) is 0 Å². The van der Waals surface area contributed by atoms with Crippen LogP contribution in [0.4, 0.5) is 0 Å². The summed E-state index contributed by atoms with van der Waals surface area (Å²) < 4.78 is 10.0. The average molecular weight is 423 g/mol. The van der Waals surface area contributed by atoms with Crippen molar-refractivity contribution in [2.75, 3.05) is 13.7 Å². The Labute approximate surface area is 177 Å². The molecule has 3 saturated carbocycles. The van der Waals surface area contributed by atoms with Crippen LogP contribution in [0.5, 0.6) is 0 Å². The molecule has 7 nitrogen and oxygen atoms in total. The van der Waals surface area contributed by atoms with Gasteiger partial charge < -0.3 is 19.7 Å². The number of aliphatic hydroxyl groups excluding tert-OH is 2. The molecule has 168 valence electrons. The third-order valence-electron chi connectivity index (χ3n) is 8.28. The van der Waals surface area contributed by atoms with Crippen LogP contribution in [0.2, 0.25) is 0 Å². The molecule has 0 bridgehead atoms. The normalized spacial score (nSPS) is 44.8. The summed E-state index contributed by atoms with van der Waals surface area (Å²) in [6, 6.07) is 0. The van der Waals surface area contributed by atoms with Gasteiger partial charge in [0.2, 0.25) is 0 Å². The van der Waals surface area contributed by atoms with E-state index in [1.165, 1.54) is 13.2 Å². The standard InChI is InChI=1S/C23H34O7/c1-6-30-16(25)11-13-7-8-14-17(12(13)2)18(26)19(27)20-22(14,3)10-9-15(24)23(20,4)21(28)29-5/h11-12,14-15,17-18,20,24,26H,6-10H2,1-5H3. The topological polar surface area (TPSA) is 110 Å². The van der Waals surface area contributed by atoms with Crippen molar-refractivity contribution < 1.29 is 34.1 Å². The van der Waals surface area contributed by atoms with Gasteiger partial charge in [-0.3, -0.25) is 9.59 Å². The largest absolute Gasteiger partial charge is 0.469 e. The lowest BCUT2D eigenvalue weighted by atomic mass is 9.41. The van der Waals surface area contributed by atoms with E-state index in [0.29, 0.717) is 32.3 Å². The van der Waals surface area contributed by atoms with Gasteiger partial charge >= 0.3 is 11.9 Å². The zero-order valence-electron chi connectivity index (χ0n) is 18.5. The van der Waals surface area contributed by atoms with Crippen molar-refractivity contribution in [3.05, 3.63) is 11.6 Å². The van der Waals surface area contributed by atoms with E-state index >= 15 is 0 Å². The maximum atomic E-state index is 13.5. The third kappa shape index (κ3) is 3.21. The van der Waals surface area contributed by atoms with Gasteiger partial charge in [-0.2, -0.15) is 0 Å². The number of aliphatic hydroxyl groups is 2. The molecule has 7 heteroatoms. The Morgan fingerprint density at radius 1 is 1.23 bits per heavy atom. The molecule has 0 amide bonds. The highest BCUT2D eigenvalue weighted by molar-refractivity contribution is 5.94. The quantitative estimate of drug-likeness (QED) is 0.529. The van der Waals surface area contributed by atoms with Gasteiger partial charge in [-0.05, 0) is 56.8 Å². The first-order chi connectivity index (χ1) is 14.0. The predicted molar refractivity (Wildman–Crippen MR) is 108 cm³/mol. The molecule has 8 unspecified atom stereocenters. The van der Waals surface area contributed by atoms with Gasteiger partial charge in [0.25, 0.3) is 0 Å². The molecule has 0 heterocycles. The van der Waals surface area contributed by atoms with Crippen molar-refractivity contribution in [2.24, 2.45) is 34.5 Å². The second-order valence-corrected chi connectivity index (χ2v) is 9.60. The van der Waals surface area contributed by atoms with E-state index in [1.807, 2.05) is 13.8 Å². The van der Waals surface area contributed by atoms with E-state index < -0.39 is 46.7 Å². The average Bonchev–Trinajstić information content (AvgIpc) is 2.70. The van der Waals surface area contributed by atoms with Crippen molar-refractivity contribution in [1.29, 1.82) is 0 Å². The maximum Gasteiger partial charge on any atom is 0.330 e. The lowest BCUT2D eigenvalue weighted by molar-refractivity contribution is -0.209. The fourth-order valence-electron chi connectivity index (χ4n) is 6.76. The fourth-order valence-corrected chi connectivity index (χ4v) is 6.76. The minimum atomic E-state index is -1.39. The Balaban J connectivity index is 2.02. The van der Waals surface area contributed by atoms with Crippen LogP contribution >= 0.6 is 0 Å². The van der Waals surface area contributed by atoms with E-state index in [4.69, 9.17) is 9.47 Å². The molecular formula is C23H34O7. The number of methoxy groups -OCH3 is 1. The number of ketones is 1. The van der Waals surface area contributed by atoms with Crippen molar-refractivity contribution >= 4 is 17.7 Å². The highest BCUT2D eigenvalue weighted by atomic mass is 16.5. The minimum Gasteiger partial charge on any atom is -0.469 e. The molecule has 0 aromatic carbocycles. The number of hydrogen-bond donors (Lipinski definition) is 2. The summed E-state index contributed by atoms with van der Waals surface area (Å²) >= 11 is 0. The SMILES string of the molecule is CCOC(=O)C=C1CCC2C(C1C)C(O)C(=O)C1C2(C)CCC(O)C1(C)C(=O)OC. The van der Waals surface area contributed by atoms with Crippen LogP contribution in [0.25, 0.3) is 0 Å². The van der Waals surface area contributed by atoms with Crippen LogP contribution in [0.3, 0.4) is 0 Å². The first-order valence-electron chi connectivity index (χ1n) is 10.9. The molecule has 3 aliphatic carbocycles. The molecular weight excluding hydrogens is 388 g/mol. The van der Waals surface area contributed by atoms with Gasteiger partial charge in [-0.25, -0.2) is 4.79 Å². The summed E-state index contributed by atoms with van der Waals surface area (Å²) in [5.41, 5.74) is -1.06. The van der Waals surface area contributed by atoms with Crippen molar-refractivity contribution in [3.8, 4) is 0 Å². The van der Waals surface area contributed by atoms with Crippen LogP contribution in [-0.4, -0.2) is 53.9 Å². The molecule has 0 aromatic rings. The number of allylic oxidation sites excluding steroid dienone is 1. The maximum absolute atomic E-state index is 13.5. The highest BCUT2D eigenvalue weighted by Gasteiger charge is 2.68. The molecule has 0 aliphatic heterocycles. The summed E-state index contributed by atoms with van der Waals surface area (Å²) in [6.45, 7) is 7.59. The Bertz CT molecular complexity index is 759. The summed E-state index contributed by atoms with van der Waals surface area (Å²) in [6.07, 6.45) is 1.59. The summed E-state index contributed by atoms with van der Waals surface area (Å²) in [5.74, 6) is -2.77. The molecule has 0 spiro atoms. The van der Waals surface area contributed by atoms with Gasteiger partial charge in [0.05, 0.1) is 19.8 Å². The molecule has 2 N–H and O–H groups in total. The number of fused-ring (bicyclic) bond motifs is 3. The van der Waals surface area contributed by atoms with Crippen molar-refractivity contribution in [2.45, 2.75) is 65.6 Å². The molecule has 0 radical (unpaired) electrons. The van der Waals surface area contributed by atoms with Gasteiger partial charge in [0.15, 0.2) is 5.78 Å². The first kappa shape index (κ1) is 22.9. The molecule has 3 rings (SSSR count). The molecule has 0 aromatic heterocycles. The van der Waals surface area contributed by atoms with Gasteiger partial charge in [-0.1, -0.05) is 19.4 Å². The van der Waals surface area contributed by atoms with Gasteiger partial charge in [0.1, 0.15) is 11.5 Å². The van der Waals surface area contributed by atoms with Crippen LogP contribution in [0.1, 0.15) is 53.4 Å². The molecule has 8 atom stereocenters. The summed E-state index contributed by atoms with van der Waals surface area (Å²) in [5, 5.41) is 21.8. The molecule has 30 heavy (non-hydrogen) atoms. The number of Topliss-reactive ketones (excluding diaryl/α,β-unsaturated/α-hetero) is 1. The van der Waals surface area contributed by atoms with Gasteiger partial charge in [0, 0.05) is 17.9 Å². The smallest absolute Gasteiger partial charge is 0.330 e. The Hall–Kier alpha value is -1.73. The number of esters is 2. The zero-order chi connectivity index (χ0) is 22.4. The zero-order valence-corrected chi connectivity index (χ0v) is 18.5. The van der Waals surface area contributed by atoms with Gasteiger partial charge in [-0.15, -0.1) is 0 Å². The first-order valence-corrected chi connectivity index (χ1v) is 10.9. The lowest BCUT2D eigenvalue weighted by Crippen LogP contribution is -2.68. The second kappa shape index (κ2) is 8.08. The lowest BCUT2D eigenvalue weighted by Gasteiger charge is -2.62. The molecule has 3 aliphatic rings. The number of carbonyl (C=O) groups is 3. The summed E-state index contributed by atoms with van der Waals surface area (Å²) in [4.78, 5) is 38.2. The summed E-state index contributed by atoms with van der Waals surface area (Å²) in [7, 11) is 1.26. The van der Waals surface area contributed by atoms with Crippen LogP contribution in [-0.2, 0) is 23.9 Å². The molecule has 0 saturated heterocycles. The van der Waals surface area contributed by atoms with E-state index in [1.54, 1.807) is 13.8 Å². The predicted octanol–water partition coefficient (Wildman–Crippen LogP) is 2.04. The number of ether oxygens (including phenoxy) is 2. The van der Waals surface area contributed by atoms with Crippen LogP contribution < -0.4 is 0 Å². The number of hydrogen-bond acceptors (Lipinski definition) is 7. The van der Waals surface area contributed by atoms with E-state index in [0.717, 1.165) is 5.57 Å². The van der Waals surface area contributed by atoms with E-state index in [9.17, 15) is 24.6 Å². The van der Waals surface area contributed by atoms with Crippen molar-refractivity contribution in [1.82, 2.24) is 0 Å². The fraction of sp³-hybridized carbons (Fsp3) is 0.783. The Morgan fingerprint density at radius 3 is 2.50 bits per heavy atom. The highest BCUT2D eigenvalue weighted by Crippen LogP contribution is 2.64. The minimum absolute atomic E-state index is 0.0129. The number of carbonyl (C=O) groups excluding carboxylic acids is 3. The monoisotopic (exact) mass is 422 g/mol. The van der Waals surface area contributed by atoms with E-state index in [-0.39, 0.29) is 17.8 Å².